The van der Waals surface area contributed by atoms with Crippen molar-refractivity contribution < 1.29 is 0 Å². The van der Waals surface area contributed by atoms with Crippen LogP contribution < -0.4 is 0 Å². The van der Waals surface area contributed by atoms with Crippen LogP contribution in [0.4, 0.5) is 0 Å². The Bertz CT molecular complexity index is 100.0. The lowest BCUT2D eigenvalue weighted by atomic mass is 10.6. The summed E-state index contributed by atoms with van der Waals surface area (Å²) in [6, 6.07) is -3.85. The van der Waals surface area contributed by atoms with E-state index in [0.29, 0.717) is 18.5 Å². The molecule has 0 spiro atoms. The van der Waals surface area contributed by atoms with E-state index in [1.54, 1.807) is 0 Å². The van der Waals surface area contributed by atoms with E-state index in [1.807, 2.05) is 0 Å². The fourth-order valence-corrected chi connectivity index (χ4v) is 4.40. The minimum Gasteiger partial charge on any atom is -0.126 e. The zero-order valence-electron chi connectivity index (χ0n) is 5.39. The van der Waals surface area contributed by atoms with Gasteiger partial charge in [0, 0.05) is 0 Å². The van der Waals surface area contributed by atoms with Crippen LogP contribution in [0.25, 0.3) is 0 Å². The number of hydrogen-bond donors (Lipinski definition) is 0. The van der Waals surface area contributed by atoms with Crippen LogP contribution in [0.2, 0.25) is 12.1 Å². The van der Waals surface area contributed by atoms with Gasteiger partial charge in [-0.2, -0.15) is 0 Å². The van der Waals surface area contributed by atoms with Gasteiger partial charge in [-0.25, -0.2) is 0 Å². The van der Waals surface area contributed by atoms with Gasteiger partial charge in [0.2, 0.25) is 0 Å². The van der Waals surface area contributed by atoms with Crippen LogP contribution in [0.3, 0.4) is 0 Å². The number of rotatable bonds is 4. The molecule has 0 aliphatic carbocycles. The maximum Gasteiger partial charge on any atom is 0.341 e. The molecule has 0 saturated carbocycles. The van der Waals surface area contributed by atoms with Crippen LogP contribution in [0, 0.1) is 0 Å². The largest absolute Gasteiger partial charge is 0.341 e. The SMILES string of the molecule is Cl[Si](Cl)(Cl)CCC[Si](Cl)(Cl)Cl. The first-order chi connectivity index (χ1) is 4.71. The molecular weight excluding hydrogens is 305 g/mol. The summed E-state index contributed by atoms with van der Waals surface area (Å²) in [5.74, 6) is 0. The Morgan fingerprint density at radius 1 is 0.636 bits per heavy atom. The van der Waals surface area contributed by atoms with Gasteiger partial charge < -0.3 is 0 Å². The van der Waals surface area contributed by atoms with Crippen LogP contribution in [-0.2, 0) is 0 Å². The van der Waals surface area contributed by atoms with Crippen LogP contribution in [0.1, 0.15) is 6.42 Å². The number of hydrogen-bond acceptors (Lipinski definition) is 0. The van der Waals surface area contributed by atoms with Crippen molar-refractivity contribution in [1.82, 2.24) is 0 Å². The molecule has 0 rings (SSSR count). The highest BCUT2D eigenvalue weighted by Crippen LogP contribution is 2.32. The lowest BCUT2D eigenvalue weighted by Crippen LogP contribution is -2.13. The van der Waals surface area contributed by atoms with Gasteiger partial charge in [0.25, 0.3) is 0 Å². The van der Waals surface area contributed by atoms with E-state index in [4.69, 9.17) is 66.5 Å². The molecule has 0 heterocycles. The molecule has 0 N–H and O–H groups in total. The molecule has 11 heavy (non-hydrogen) atoms. The normalized spacial score (nSPS) is 13.6. The van der Waals surface area contributed by atoms with Crippen molar-refractivity contribution in [3.8, 4) is 0 Å². The molecule has 68 valence electrons. The highest BCUT2D eigenvalue weighted by molar-refractivity contribution is 7.65. The van der Waals surface area contributed by atoms with E-state index < -0.39 is 12.0 Å². The Kier molecular flexibility index (Phi) is 6.17. The second kappa shape index (κ2) is 5.15. The molecule has 0 amide bonds. The maximum atomic E-state index is 5.62. The quantitative estimate of drug-likeness (QED) is 0.522. The van der Waals surface area contributed by atoms with Gasteiger partial charge in [0.15, 0.2) is 0 Å². The van der Waals surface area contributed by atoms with Crippen molar-refractivity contribution in [3.05, 3.63) is 0 Å². The first kappa shape index (κ1) is 13.2. The van der Waals surface area contributed by atoms with Gasteiger partial charge >= 0.3 is 12.0 Å². The van der Waals surface area contributed by atoms with Gasteiger partial charge in [0.05, 0.1) is 0 Å². The lowest BCUT2D eigenvalue weighted by Gasteiger charge is -2.09. The number of halogens is 6. The average Bonchev–Trinajstić information content (AvgIpc) is 1.55. The third-order valence-corrected chi connectivity index (χ3v) is 6.16. The lowest BCUT2D eigenvalue weighted by molar-refractivity contribution is 1.06. The standard InChI is InChI=1S/C3H6Cl6Si2/c4-10(5,6)2-1-3-11(7,8)9/h1-3H2. The van der Waals surface area contributed by atoms with Crippen molar-refractivity contribution in [2.45, 2.75) is 18.5 Å². The van der Waals surface area contributed by atoms with Crippen LogP contribution in [0.5, 0.6) is 0 Å². The fraction of sp³-hybridized carbons (Fsp3) is 1.00. The van der Waals surface area contributed by atoms with Gasteiger partial charge in [0.1, 0.15) is 0 Å². The third-order valence-electron chi connectivity index (χ3n) is 0.921. The molecule has 0 radical (unpaired) electrons. The Labute approximate surface area is 96.3 Å². The van der Waals surface area contributed by atoms with Gasteiger partial charge in [-0.05, 0) is 12.1 Å². The van der Waals surface area contributed by atoms with Gasteiger partial charge in [-0.15, -0.1) is 66.5 Å². The summed E-state index contributed by atoms with van der Waals surface area (Å²) in [6.45, 7) is 0. The van der Waals surface area contributed by atoms with Crippen LogP contribution in [0.15, 0.2) is 0 Å². The predicted molar refractivity (Wildman–Crippen MR) is 60.9 cm³/mol. The van der Waals surface area contributed by atoms with E-state index in [1.165, 1.54) is 0 Å². The van der Waals surface area contributed by atoms with Gasteiger partial charge in [-0.3, -0.25) is 0 Å². The van der Waals surface area contributed by atoms with Crippen molar-refractivity contribution in [2.24, 2.45) is 0 Å². The molecule has 0 aliphatic heterocycles. The molecule has 0 nitrogen and oxygen atoms in total. The highest BCUT2D eigenvalue weighted by Gasteiger charge is 2.29. The molecular formula is C3H6Cl6Si2. The molecule has 0 aromatic rings. The Balaban J connectivity index is 3.44. The van der Waals surface area contributed by atoms with Crippen molar-refractivity contribution >= 4 is 78.5 Å². The molecule has 0 atom stereocenters. The Morgan fingerprint density at radius 2 is 0.909 bits per heavy atom. The topological polar surface area (TPSA) is 0 Å². The second-order valence-electron chi connectivity index (χ2n) is 2.08. The molecule has 0 aromatic carbocycles. The van der Waals surface area contributed by atoms with Crippen LogP contribution >= 0.6 is 66.5 Å². The van der Waals surface area contributed by atoms with E-state index >= 15 is 0 Å². The minimum absolute atomic E-state index is 0.568. The molecule has 8 heteroatoms. The minimum atomic E-state index is -2.49. The first-order valence-corrected chi connectivity index (χ1v) is 13.3. The summed E-state index contributed by atoms with van der Waals surface area (Å²) < 4.78 is 0. The zero-order chi connectivity index (χ0) is 9.12. The van der Waals surface area contributed by atoms with E-state index in [-0.39, 0.29) is 0 Å². The molecule has 0 fully saturated rings. The fourth-order valence-electron chi connectivity index (χ4n) is 0.489. The molecule has 0 unspecified atom stereocenters. The first-order valence-electron chi connectivity index (χ1n) is 2.84. The summed E-state index contributed by atoms with van der Waals surface area (Å²) in [5, 5.41) is 0. The smallest absolute Gasteiger partial charge is 0.126 e. The molecule has 0 bridgehead atoms. The van der Waals surface area contributed by atoms with Gasteiger partial charge in [-0.1, -0.05) is 6.42 Å². The van der Waals surface area contributed by atoms with Crippen molar-refractivity contribution in [3.63, 3.8) is 0 Å². The maximum absolute atomic E-state index is 5.62. The van der Waals surface area contributed by atoms with E-state index in [9.17, 15) is 0 Å². The highest BCUT2D eigenvalue weighted by atomic mass is 35.8. The summed E-state index contributed by atoms with van der Waals surface area (Å²) in [4.78, 5) is 0. The average molecular weight is 311 g/mol. The molecule has 0 saturated heterocycles. The summed E-state index contributed by atoms with van der Waals surface area (Å²) in [5.41, 5.74) is 0. The summed E-state index contributed by atoms with van der Waals surface area (Å²) in [7, 11) is 0. The Hall–Kier alpha value is 2.17. The second-order valence-corrected chi connectivity index (χ2v) is 20.6. The monoisotopic (exact) mass is 308 g/mol. The van der Waals surface area contributed by atoms with E-state index in [0.717, 1.165) is 0 Å². The summed E-state index contributed by atoms with van der Waals surface area (Å²) in [6.07, 6.45) is 0.700. The molecule has 0 aromatic heterocycles. The van der Waals surface area contributed by atoms with Crippen molar-refractivity contribution in [1.29, 1.82) is 0 Å². The summed E-state index contributed by atoms with van der Waals surface area (Å²) >= 11 is 33.7. The predicted octanol–water partition coefficient (Wildman–Crippen LogP) is 4.69. The zero-order valence-corrected chi connectivity index (χ0v) is 11.9. The Morgan fingerprint density at radius 3 is 1.09 bits per heavy atom. The molecule has 0 aliphatic rings. The van der Waals surface area contributed by atoms with E-state index in [2.05, 4.69) is 0 Å². The van der Waals surface area contributed by atoms with Crippen LogP contribution in [-0.4, -0.2) is 12.0 Å². The van der Waals surface area contributed by atoms with Crippen molar-refractivity contribution in [2.75, 3.05) is 0 Å². The third kappa shape index (κ3) is 12.2.